The van der Waals surface area contributed by atoms with Crippen LogP contribution in [0.1, 0.15) is 57.7 Å². The van der Waals surface area contributed by atoms with Gasteiger partial charge in [-0.25, -0.2) is 9.97 Å². The smallest absolute Gasteiger partial charge is 0.225 e. The van der Waals surface area contributed by atoms with E-state index in [0.29, 0.717) is 12.0 Å². The van der Waals surface area contributed by atoms with E-state index in [4.69, 9.17) is 4.98 Å². The van der Waals surface area contributed by atoms with Gasteiger partial charge in [0, 0.05) is 36.6 Å². The Balaban J connectivity index is 2.16. The lowest BCUT2D eigenvalue weighted by molar-refractivity contribution is 0.524. The van der Waals surface area contributed by atoms with Crippen LogP contribution in [0.15, 0.2) is 6.20 Å². The lowest BCUT2D eigenvalue weighted by Crippen LogP contribution is -2.37. The zero-order chi connectivity index (χ0) is 15.2. The van der Waals surface area contributed by atoms with Crippen LogP contribution in [0.4, 0.5) is 5.95 Å². The first-order chi connectivity index (χ1) is 10.1. The summed E-state index contributed by atoms with van der Waals surface area (Å²) in [4.78, 5) is 11.9. The van der Waals surface area contributed by atoms with Crippen molar-refractivity contribution in [1.82, 2.24) is 15.3 Å². The van der Waals surface area contributed by atoms with Crippen molar-refractivity contribution in [3.05, 3.63) is 17.5 Å². The van der Waals surface area contributed by atoms with Crippen molar-refractivity contribution >= 4 is 5.95 Å². The number of nitrogens with one attached hydrogen (secondary N) is 1. The molecule has 1 saturated carbocycles. The fourth-order valence-electron chi connectivity index (χ4n) is 3.05. The van der Waals surface area contributed by atoms with Crippen molar-refractivity contribution < 1.29 is 0 Å². The zero-order valence-corrected chi connectivity index (χ0v) is 14.0. The Morgan fingerprint density at radius 2 is 2.05 bits per heavy atom. The lowest BCUT2D eigenvalue weighted by Gasteiger charge is -2.31. The Kier molecular flexibility index (Phi) is 5.97. The average Bonchev–Trinajstić information content (AvgIpc) is 2.97. The van der Waals surface area contributed by atoms with Gasteiger partial charge in [-0.15, -0.1) is 0 Å². The SMILES string of the molecule is CCNCc1cnc(N(CC(C)C)C2CCCC2)nc1C. The average molecular weight is 290 g/mol. The molecule has 0 unspecified atom stereocenters. The van der Waals surface area contributed by atoms with E-state index >= 15 is 0 Å². The fraction of sp³-hybridized carbons (Fsp3) is 0.765. The molecule has 1 fully saturated rings. The topological polar surface area (TPSA) is 41.1 Å². The summed E-state index contributed by atoms with van der Waals surface area (Å²) >= 11 is 0. The molecule has 0 bridgehead atoms. The molecule has 0 atom stereocenters. The molecule has 0 aliphatic heterocycles. The second kappa shape index (κ2) is 7.74. The number of hydrogen-bond acceptors (Lipinski definition) is 4. The van der Waals surface area contributed by atoms with E-state index in [9.17, 15) is 0 Å². The highest BCUT2D eigenvalue weighted by atomic mass is 15.3. The predicted octanol–water partition coefficient (Wildman–Crippen LogP) is 3.30. The van der Waals surface area contributed by atoms with Gasteiger partial charge in [0.05, 0.1) is 0 Å². The highest BCUT2D eigenvalue weighted by molar-refractivity contribution is 5.35. The molecule has 0 amide bonds. The van der Waals surface area contributed by atoms with Crippen LogP contribution in [-0.2, 0) is 6.54 Å². The minimum Gasteiger partial charge on any atom is -0.338 e. The van der Waals surface area contributed by atoms with Gasteiger partial charge in [0.15, 0.2) is 0 Å². The third kappa shape index (κ3) is 4.40. The molecule has 21 heavy (non-hydrogen) atoms. The Labute approximate surface area is 129 Å². The molecule has 2 rings (SSSR count). The van der Waals surface area contributed by atoms with E-state index in [0.717, 1.165) is 31.3 Å². The molecule has 118 valence electrons. The number of hydrogen-bond donors (Lipinski definition) is 1. The largest absolute Gasteiger partial charge is 0.338 e. The Hall–Kier alpha value is -1.16. The summed E-state index contributed by atoms with van der Waals surface area (Å²) in [6, 6.07) is 0.631. The van der Waals surface area contributed by atoms with Crippen LogP contribution < -0.4 is 10.2 Å². The Morgan fingerprint density at radius 3 is 2.62 bits per heavy atom. The van der Waals surface area contributed by atoms with Crippen LogP contribution in [0.2, 0.25) is 0 Å². The van der Waals surface area contributed by atoms with Crippen LogP contribution in [0.3, 0.4) is 0 Å². The minimum absolute atomic E-state index is 0.631. The lowest BCUT2D eigenvalue weighted by atomic mass is 10.1. The van der Waals surface area contributed by atoms with Crippen LogP contribution in [-0.4, -0.2) is 29.1 Å². The van der Waals surface area contributed by atoms with Gasteiger partial charge in [-0.1, -0.05) is 33.6 Å². The zero-order valence-electron chi connectivity index (χ0n) is 14.0. The van der Waals surface area contributed by atoms with Crippen molar-refractivity contribution in [2.75, 3.05) is 18.0 Å². The number of nitrogens with zero attached hydrogens (tertiary/aromatic N) is 3. The first-order valence-electron chi connectivity index (χ1n) is 8.41. The molecule has 1 aromatic heterocycles. The van der Waals surface area contributed by atoms with Crippen LogP contribution in [0, 0.1) is 12.8 Å². The van der Waals surface area contributed by atoms with E-state index in [2.05, 4.69) is 42.9 Å². The molecule has 1 aromatic rings. The maximum atomic E-state index is 4.80. The molecule has 1 aliphatic carbocycles. The second-order valence-electron chi connectivity index (χ2n) is 6.55. The highest BCUT2D eigenvalue weighted by Gasteiger charge is 2.25. The quantitative estimate of drug-likeness (QED) is 0.836. The third-order valence-corrected chi connectivity index (χ3v) is 4.22. The maximum Gasteiger partial charge on any atom is 0.225 e. The van der Waals surface area contributed by atoms with E-state index in [-0.39, 0.29) is 0 Å². The van der Waals surface area contributed by atoms with Gasteiger partial charge in [-0.3, -0.25) is 0 Å². The molecular weight excluding hydrogens is 260 g/mol. The molecule has 4 heteroatoms. The van der Waals surface area contributed by atoms with Gasteiger partial charge < -0.3 is 10.2 Å². The molecule has 4 nitrogen and oxygen atoms in total. The number of aromatic nitrogens is 2. The number of anilines is 1. The predicted molar refractivity (Wildman–Crippen MR) is 88.6 cm³/mol. The molecule has 0 radical (unpaired) electrons. The van der Waals surface area contributed by atoms with Crippen molar-refractivity contribution in [2.45, 2.75) is 66.0 Å². The molecule has 0 saturated heterocycles. The van der Waals surface area contributed by atoms with E-state index in [1.807, 2.05) is 6.20 Å². The van der Waals surface area contributed by atoms with Crippen LogP contribution in [0.25, 0.3) is 0 Å². The minimum atomic E-state index is 0.631. The van der Waals surface area contributed by atoms with Crippen molar-refractivity contribution in [3.63, 3.8) is 0 Å². The number of aryl methyl sites for hydroxylation is 1. The summed E-state index contributed by atoms with van der Waals surface area (Å²) in [6.45, 7) is 11.6. The summed E-state index contributed by atoms with van der Waals surface area (Å²) in [5.74, 6) is 1.56. The van der Waals surface area contributed by atoms with Crippen molar-refractivity contribution in [2.24, 2.45) is 5.92 Å². The van der Waals surface area contributed by atoms with Gasteiger partial charge in [-0.05, 0) is 32.2 Å². The third-order valence-electron chi connectivity index (χ3n) is 4.22. The standard InChI is InChI=1S/C17H30N4/c1-5-18-10-15-11-19-17(20-14(15)4)21(12-13(2)3)16-8-6-7-9-16/h11,13,16,18H,5-10,12H2,1-4H3. The van der Waals surface area contributed by atoms with Crippen LogP contribution in [0.5, 0.6) is 0 Å². The molecule has 1 aliphatic rings. The first kappa shape index (κ1) is 16.2. The van der Waals surface area contributed by atoms with Crippen molar-refractivity contribution in [3.8, 4) is 0 Å². The van der Waals surface area contributed by atoms with E-state index < -0.39 is 0 Å². The monoisotopic (exact) mass is 290 g/mol. The van der Waals surface area contributed by atoms with Gasteiger partial charge in [0.1, 0.15) is 0 Å². The number of rotatable bonds is 7. The summed E-state index contributed by atoms with van der Waals surface area (Å²) in [5.41, 5.74) is 2.31. The van der Waals surface area contributed by atoms with Gasteiger partial charge >= 0.3 is 0 Å². The second-order valence-corrected chi connectivity index (χ2v) is 6.55. The summed E-state index contributed by atoms with van der Waals surface area (Å²) in [7, 11) is 0. The fourth-order valence-corrected chi connectivity index (χ4v) is 3.05. The van der Waals surface area contributed by atoms with E-state index in [1.165, 1.54) is 31.2 Å². The molecule has 0 spiro atoms. The Bertz CT molecular complexity index is 438. The summed E-state index contributed by atoms with van der Waals surface area (Å²) < 4.78 is 0. The van der Waals surface area contributed by atoms with Gasteiger partial charge in [-0.2, -0.15) is 0 Å². The van der Waals surface area contributed by atoms with Gasteiger partial charge in [0.2, 0.25) is 5.95 Å². The molecule has 1 N–H and O–H groups in total. The van der Waals surface area contributed by atoms with Crippen molar-refractivity contribution in [1.29, 1.82) is 0 Å². The summed E-state index contributed by atoms with van der Waals surface area (Å²) in [5, 5.41) is 3.35. The molecular formula is C17H30N4. The first-order valence-corrected chi connectivity index (χ1v) is 8.41. The van der Waals surface area contributed by atoms with Crippen LogP contribution >= 0.6 is 0 Å². The molecule has 1 heterocycles. The van der Waals surface area contributed by atoms with Gasteiger partial charge in [0.25, 0.3) is 0 Å². The normalized spacial score (nSPS) is 15.9. The summed E-state index contributed by atoms with van der Waals surface area (Å²) in [6.07, 6.45) is 7.26. The Morgan fingerprint density at radius 1 is 1.33 bits per heavy atom. The maximum absolute atomic E-state index is 4.80. The highest BCUT2D eigenvalue weighted by Crippen LogP contribution is 2.27. The van der Waals surface area contributed by atoms with E-state index in [1.54, 1.807) is 0 Å². The molecule has 0 aromatic carbocycles.